The number of amides is 2. The molecule has 3 aliphatic heterocycles. The number of hydrogen-bond acceptors (Lipinski definition) is 6. The smallest absolute Gasteiger partial charge is 0.254 e. The maximum atomic E-state index is 14.7. The van der Waals surface area contributed by atoms with Gasteiger partial charge in [0.2, 0.25) is 5.91 Å². The summed E-state index contributed by atoms with van der Waals surface area (Å²) in [5.41, 5.74) is 1.43. The molecule has 2 aromatic carbocycles. The van der Waals surface area contributed by atoms with Gasteiger partial charge in [0.1, 0.15) is 14.9 Å². The van der Waals surface area contributed by atoms with Gasteiger partial charge in [-0.15, -0.1) is 0 Å². The summed E-state index contributed by atoms with van der Waals surface area (Å²) in [5.74, 6) is -1.36. The predicted octanol–water partition coefficient (Wildman–Crippen LogP) is 3.92. The van der Waals surface area contributed by atoms with E-state index in [9.17, 15) is 14.0 Å². The Balaban J connectivity index is 1.60. The molecule has 1 aromatic heterocycles. The van der Waals surface area contributed by atoms with E-state index in [1.807, 2.05) is 54.4 Å². The molecule has 0 N–H and O–H groups in total. The number of anilines is 1. The molecule has 2 amide bonds. The topological polar surface area (TPSA) is 56.8 Å². The molecule has 3 aliphatic rings. The van der Waals surface area contributed by atoms with Crippen molar-refractivity contribution in [1.82, 2.24) is 14.8 Å². The summed E-state index contributed by atoms with van der Waals surface area (Å²) >= 11 is 7.07. The van der Waals surface area contributed by atoms with Crippen molar-refractivity contribution in [2.45, 2.75) is 22.7 Å². The lowest BCUT2D eigenvalue weighted by molar-refractivity contribution is -0.139. The number of pyridine rings is 1. The van der Waals surface area contributed by atoms with Crippen LogP contribution < -0.4 is 4.90 Å². The minimum atomic E-state index is -1.43. The largest absolute Gasteiger partial charge is 0.313 e. The fourth-order valence-electron chi connectivity index (χ4n) is 6.15. The van der Waals surface area contributed by atoms with Crippen LogP contribution >= 0.6 is 24.0 Å². The Bertz CT molecular complexity index is 1410. The third-order valence-corrected chi connectivity index (χ3v) is 9.62. The van der Waals surface area contributed by atoms with E-state index >= 15 is 0 Å². The van der Waals surface area contributed by atoms with Crippen LogP contribution in [-0.2, 0) is 21.7 Å². The van der Waals surface area contributed by atoms with Crippen molar-refractivity contribution < 1.29 is 14.0 Å². The van der Waals surface area contributed by atoms with Crippen molar-refractivity contribution in [2.75, 3.05) is 25.5 Å². The van der Waals surface area contributed by atoms with Crippen molar-refractivity contribution in [2.24, 2.45) is 0 Å². The minimum Gasteiger partial charge on any atom is -0.313 e. The Morgan fingerprint density at radius 3 is 2.58 bits per heavy atom. The quantitative estimate of drug-likeness (QED) is 0.490. The number of thioether (sulfide) groups is 1. The number of thiocarbonyl (C=S) groups is 1. The number of hydrogen-bond donors (Lipinski definition) is 0. The average molecular weight is 519 g/mol. The van der Waals surface area contributed by atoms with Crippen molar-refractivity contribution in [1.29, 1.82) is 0 Å². The monoisotopic (exact) mass is 518 g/mol. The summed E-state index contributed by atoms with van der Waals surface area (Å²) in [6, 6.07) is 17.8. The second-order valence-corrected chi connectivity index (χ2v) is 11.3. The van der Waals surface area contributed by atoms with Crippen LogP contribution in [0.25, 0.3) is 0 Å². The lowest BCUT2D eigenvalue weighted by atomic mass is 9.72. The van der Waals surface area contributed by atoms with Crippen LogP contribution in [0.4, 0.5) is 10.1 Å². The van der Waals surface area contributed by atoms with E-state index < -0.39 is 22.0 Å². The Labute approximate surface area is 218 Å². The van der Waals surface area contributed by atoms with Crippen LogP contribution in [0.1, 0.15) is 22.6 Å². The second-order valence-electron chi connectivity index (χ2n) is 9.44. The van der Waals surface area contributed by atoms with Gasteiger partial charge in [0, 0.05) is 43.2 Å². The van der Waals surface area contributed by atoms with Crippen molar-refractivity contribution >= 4 is 45.8 Å². The zero-order valence-corrected chi connectivity index (χ0v) is 21.4. The third-order valence-electron chi connectivity index (χ3n) is 7.68. The first-order valence-corrected chi connectivity index (χ1v) is 12.8. The summed E-state index contributed by atoms with van der Waals surface area (Å²) in [6.45, 7) is 0.703. The number of likely N-dealkylation sites (N-methyl/N-ethyl adjacent to an activating group) is 2. The molecule has 0 saturated carbocycles. The van der Waals surface area contributed by atoms with Crippen LogP contribution in [0.2, 0.25) is 0 Å². The van der Waals surface area contributed by atoms with Crippen molar-refractivity contribution in [3.05, 3.63) is 95.6 Å². The maximum absolute atomic E-state index is 14.7. The summed E-state index contributed by atoms with van der Waals surface area (Å²) in [4.78, 5) is 38.3. The molecule has 6 nitrogen and oxygen atoms in total. The first-order chi connectivity index (χ1) is 17.3. The highest BCUT2D eigenvalue weighted by Gasteiger charge is 2.78. The van der Waals surface area contributed by atoms with Gasteiger partial charge in [0.15, 0.2) is 5.54 Å². The minimum absolute atomic E-state index is 0.238. The highest BCUT2D eigenvalue weighted by molar-refractivity contribution is 8.25. The number of nitrogens with zero attached hydrogens (tertiary/aromatic N) is 4. The standard InChI is InChI=1S/C27H23FN4O2S2/c1-30-16-21(18-9-6-12-29-14-18)27(24(34)32(25(35)36-27)15-17-7-4-3-5-8-17)26(30)20-13-19(28)10-11-22(20)31(2)23(26)33/h3-14,21H,15-16H2,1-2H3/t21-,26+,27+/m1/s1. The van der Waals surface area contributed by atoms with Crippen LogP contribution in [0.3, 0.4) is 0 Å². The summed E-state index contributed by atoms with van der Waals surface area (Å²) in [7, 11) is 3.51. The first kappa shape index (κ1) is 23.3. The first-order valence-electron chi connectivity index (χ1n) is 11.6. The number of likely N-dealkylation sites (tertiary alicyclic amines) is 1. The van der Waals surface area contributed by atoms with Crippen molar-refractivity contribution in [3.8, 4) is 0 Å². The van der Waals surface area contributed by atoms with E-state index in [-0.39, 0.29) is 11.8 Å². The molecule has 0 unspecified atom stereocenters. The lowest BCUT2D eigenvalue weighted by Gasteiger charge is -2.42. The normalized spacial score (nSPS) is 27.6. The molecule has 3 atom stereocenters. The number of rotatable bonds is 3. The van der Waals surface area contributed by atoms with Gasteiger partial charge in [-0.25, -0.2) is 4.39 Å². The summed E-state index contributed by atoms with van der Waals surface area (Å²) in [5, 5.41) is 0. The molecule has 9 heteroatoms. The fourth-order valence-corrected chi connectivity index (χ4v) is 8.28. The molecule has 6 rings (SSSR count). The lowest BCUT2D eigenvalue weighted by Crippen LogP contribution is -2.62. The zero-order valence-electron chi connectivity index (χ0n) is 19.7. The Hall–Kier alpha value is -3.14. The molecule has 2 spiro atoms. The number of halogens is 1. The van der Waals surface area contributed by atoms with Crippen LogP contribution in [0.15, 0.2) is 73.1 Å². The second kappa shape index (κ2) is 8.19. The zero-order chi connectivity index (χ0) is 25.2. The molecule has 0 aliphatic carbocycles. The Morgan fingerprint density at radius 2 is 1.86 bits per heavy atom. The molecule has 182 valence electrons. The van der Waals surface area contributed by atoms with E-state index in [1.165, 1.54) is 28.8 Å². The highest BCUT2D eigenvalue weighted by Crippen LogP contribution is 2.66. The van der Waals surface area contributed by atoms with Gasteiger partial charge in [0.25, 0.3) is 5.91 Å². The predicted molar refractivity (Wildman–Crippen MR) is 141 cm³/mol. The van der Waals surface area contributed by atoms with Crippen LogP contribution in [0.5, 0.6) is 0 Å². The Kier molecular flexibility index (Phi) is 5.30. The molecule has 3 aromatic rings. The van der Waals surface area contributed by atoms with Crippen molar-refractivity contribution in [3.63, 3.8) is 0 Å². The van der Waals surface area contributed by atoms with E-state index in [0.29, 0.717) is 28.7 Å². The molecule has 0 bridgehead atoms. The van der Waals surface area contributed by atoms with Gasteiger partial charge in [-0.2, -0.15) is 0 Å². The van der Waals surface area contributed by atoms with Gasteiger partial charge in [-0.05, 0) is 42.4 Å². The number of aromatic nitrogens is 1. The molecular weight excluding hydrogens is 495 g/mol. The average Bonchev–Trinajstić information content (AvgIpc) is 3.38. The molecular formula is C27H23FN4O2S2. The summed E-state index contributed by atoms with van der Waals surface area (Å²) in [6.07, 6.45) is 3.42. The number of benzene rings is 2. The van der Waals surface area contributed by atoms with Gasteiger partial charge in [0.05, 0.1) is 6.54 Å². The third kappa shape index (κ3) is 2.87. The van der Waals surface area contributed by atoms with E-state index in [4.69, 9.17) is 12.2 Å². The molecule has 4 heterocycles. The molecule has 2 saturated heterocycles. The Morgan fingerprint density at radius 1 is 1.08 bits per heavy atom. The molecule has 0 radical (unpaired) electrons. The van der Waals surface area contributed by atoms with Crippen LogP contribution in [0, 0.1) is 5.82 Å². The number of fused-ring (bicyclic) bond motifs is 3. The van der Waals surface area contributed by atoms with Gasteiger partial charge in [-0.1, -0.05) is 60.4 Å². The fraction of sp³-hybridized carbons (Fsp3) is 0.259. The summed E-state index contributed by atoms with van der Waals surface area (Å²) < 4.78 is 13.8. The maximum Gasteiger partial charge on any atom is 0.254 e. The van der Waals surface area contributed by atoms with Gasteiger partial charge >= 0.3 is 0 Å². The van der Waals surface area contributed by atoms with E-state index in [0.717, 1.165) is 11.1 Å². The SMILES string of the molecule is CN1C(=O)[C@]2(c3cc(F)ccc31)N(C)C[C@H](c1cccnc1)[C@@]21SC(=S)N(Cc2ccccc2)C1=O. The molecule has 36 heavy (non-hydrogen) atoms. The van der Waals surface area contributed by atoms with E-state index in [1.54, 1.807) is 30.4 Å². The highest BCUT2D eigenvalue weighted by atomic mass is 32.2. The van der Waals surface area contributed by atoms with Gasteiger partial charge < -0.3 is 4.90 Å². The number of carbonyl (C=O) groups is 2. The number of carbonyl (C=O) groups excluding carboxylic acids is 2. The molecule has 2 fully saturated rings. The van der Waals surface area contributed by atoms with E-state index in [2.05, 4.69) is 4.98 Å². The van der Waals surface area contributed by atoms with Crippen LogP contribution in [-0.4, -0.2) is 56.3 Å². The van der Waals surface area contributed by atoms with Gasteiger partial charge in [-0.3, -0.25) is 24.4 Å².